The van der Waals surface area contributed by atoms with Crippen LogP contribution in [-0.4, -0.2) is 51.9 Å². The number of carbonyl (C=O) groups excluding carboxylic acids is 2. The fourth-order valence-corrected chi connectivity index (χ4v) is 11.8. The van der Waals surface area contributed by atoms with Gasteiger partial charge in [0, 0.05) is 29.3 Å². The minimum absolute atomic E-state index is 0.0301. The smallest absolute Gasteiger partial charge is 0.264 e. The lowest BCUT2D eigenvalue weighted by Crippen LogP contribution is -2.51. The van der Waals surface area contributed by atoms with Gasteiger partial charge in [0.25, 0.3) is 11.8 Å². The molecule has 0 bridgehead atoms. The number of amides is 2. The average Bonchev–Trinajstić information content (AvgIpc) is 3.51. The van der Waals surface area contributed by atoms with E-state index in [4.69, 9.17) is 14.2 Å². The van der Waals surface area contributed by atoms with E-state index in [1.54, 1.807) is 31.3 Å². The molecule has 6 rings (SSSR count). The Morgan fingerprint density at radius 2 is 1.64 bits per heavy atom. The number of methoxy groups -OCH3 is 2. The minimum Gasteiger partial charge on any atom is -0.497 e. The van der Waals surface area contributed by atoms with Gasteiger partial charge in [-0.2, -0.15) is 0 Å². The number of aliphatic hydroxyl groups excluding tert-OH is 1. The van der Waals surface area contributed by atoms with E-state index in [2.05, 4.69) is 37.5 Å². The van der Waals surface area contributed by atoms with Gasteiger partial charge in [-0.3, -0.25) is 9.59 Å². The second-order valence-corrected chi connectivity index (χ2v) is 17.7. The molecular formula is C38H42N2O6Si. The van der Waals surface area contributed by atoms with Crippen molar-refractivity contribution in [2.45, 2.75) is 50.2 Å². The summed E-state index contributed by atoms with van der Waals surface area (Å²) < 4.78 is 18.1. The minimum atomic E-state index is -2.29. The topological polar surface area (TPSA) is 97.3 Å². The Morgan fingerprint density at radius 1 is 0.936 bits per heavy atom. The quantitative estimate of drug-likeness (QED) is 0.201. The highest BCUT2D eigenvalue weighted by Gasteiger charge is 2.66. The van der Waals surface area contributed by atoms with E-state index in [1.807, 2.05) is 72.8 Å². The van der Waals surface area contributed by atoms with Crippen molar-refractivity contribution in [3.8, 4) is 11.5 Å². The van der Waals surface area contributed by atoms with Gasteiger partial charge in [-0.25, -0.2) is 0 Å². The predicted octanol–water partition coefficient (Wildman–Crippen LogP) is 6.10. The van der Waals surface area contributed by atoms with Crippen molar-refractivity contribution in [2.24, 2.45) is 5.92 Å². The van der Waals surface area contributed by atoms with Crippen molar-refractivity contribution >= 4 is 36.4 Å². The number of carbonyl (C=O) groups is 2. The van der Waals surface area contributed by atoms with Crippen LogP contribution < -0.4 is 24.9 Å². The number of rotatable bonds is 10. The van der Waals surface area contributed by atoms with Gasteiger partial charge >= 0.3 is 0 Å². The standard InChI is InChI=1S/C38H42N2O6Si/c1-25-35(47(4,5)31-17-14-29(44-2)15-18-31)34(20-21-41)46-38(25)32-23-30(45-3)16-19-33(32)40(37(38)43)24-26-10-9-13-28(22-26)39-36(42)27-11-7-6-8-12-27/h6-19,22-23,25,34-35,41H,20-21,24H2,1-5H3,(H,39,42)/t25-,34+,35-,38+/m1/s1. The van der Waals surface area contributed by atoms with Crippen molar-refractivity contribution in [1.82, 2.24) is 0 Å². The molecule has 0 unspecified atom stereocenters. The van der Waals surface area contributed by atoms with Crippen LogP contribution in [0.1, 0.15) is 34.8 Å². The largest absolute Gasteiger partial charge is 0.497 e. The molecule has 1 spiro atoms. The number of anilines is 2. The van der Waals surface area contributed by atoms with Crippen LogP contribution >= 0.6 is 0 Å². The number of ether oxygens (including phenoxy) is 3. The first-order valence-electron chi connectivity index (χ1n) is 16.0. The van der Waals surface area contributed by atoms with Crippen LogP contribution in [0.2, 0.25) is 18.6 Å². The lowest BCUT2D eigenvalue weighted by molar-refractivity contribution is -0.146. The molecule has 1 fully saturated rings. The van der Waals surface area contributed by atoms with Crippen molar-refractivity contribution in [3.63, 3.8) is 0 Å². The Hall–Kier alpha value is -4.44. The maximum Gasteiger partial charge on any atom is 0.264 e. The summed E-state index contributed by atoms with van der Waals surface area (Å²) in [5, 5.41) is 14.4. The van der Waals surface area contributed by atoms with Crippen LogP contribution in [0.5, 0.6) is 11.5 Å². The van der Waals surface area contributed by atoms with Gasteiger partial charge in [0.05, 0.1) is 40.6 Å². The van der Waals surface area contributed by atoms with Crippen LogP contribution in [-0.2, 0) is 21.7 Å². The summed E-state index contributed by atoms with van der Waals surface area (Å²) in [4.78, 5) is 29.6. The van der Waals surface area contributed by atoms with Crippen LogP contribution in [0, 0.1) is 5.92 Å². The van der Waals surface area contributed by atoms with Crippen LogP contribution in [0.25, 0.3) is 0 Å². The first kappa shape index (κ1) is 32.5. The molecule has 0 aliphatic carbocycles. The predicted molar refractivity (Wildman–Crippen MR) is 186 cm³/mol. The summed E-state index contributed by atoms with van der Waals surface area (Å²) in [6, 6.07) is 30.6. The van der Waals surface area contributed by atoms with Gasteiger partial charge < -0.3 is 29.5 Å². The number of aliphatic hydroxyl groups is 1. The highest BCUT2D eigenvalue weighted by molar-refractivity contribution is 6.91. The number of hydrogen-bond acceptors (Lipinski definition) is 6. The Morgan fingerprint density at radius 3 is 2.32 bits per heavy atom. The monoisotopic (exact) mass is 650 g/mol. The van der Waals surface area contributed by atoms with Crippen molar-refractivity contribution < 1.29 is 28.9 Å². The summed E-state index contributed by atoms with van der Waals surface area (Å²) in [7, 11) is 0.985. The molecule has 2 amide bonds. The molecule has 47 heavy (non-hydrogen) atoms. The maximum atomic E-state index is 14.9. The van der Waals surface area contributed by atoms with Gasteiger partial charge in [0.2, 0.25) is 0 Å². The van der Waals surface area contributed by atoms with E-state index in [0.717, 1.165) is 22.6 Å². The van der Waals surface area contributed by atoms with E-state index in [-0.39, 0.29) is 36.0 Å². The number of hydrogen-bond donors (Lipinski definition) is 2. The Balaban J connectivity index is 1.36. The number of nitrogens with one attached hydrogen (secondary N) is 1. The first-order chi connectivity index (χ1) is 22.6. The van der Waals surface area contributed by atoms with Gasteiger partial charge in [-0.1, -0.05) is 67.7 Å². The Labute approximate surface area is 277 Å². The summed E-state index contributed by atoms with van der Waals surface area (Å²) in [5.41, 5.74) is 2.42. The molecule has 0 saturated carbocycles. The zero-order valence-corrected chi connectivity index (χ0v) is 28.5. The number of fused-ring (bicyclic) bond motifs is 2. The van der Waals surface area contributed by atoms with Crippen molar-refractivity contribution in [2.75, 3.05) is 31.0 Å². The molecule has 9 heteroatoms. The van der Waals surface area contributed by atoms with Gasteiger partial charge in [0.1, 0.15) is 11.5 Å². The molecule has 2 N–H and O–H groups in total. The summed E-state index contributed by atoms with van der Waals surface area (Å²) >= 11 is 0. The summed E-state index contributed by atoms with van der Waals surface area (Å²) in [6.45, 7) is 7.02. The lowest BCUT2D eigenvalue weighted by Gasteiger charge is -2.37. The highest BCUT2D eigenvalue weighted by atomic mass is 28.3. The van der Waals surface area contributed by atoms with Crippen molar-refractivity contribution in [1.29, 1.82) is 0 Å². The van der Waals surface area contributed by atoms with Crippen LogP contribution in [0.15, 0.2) is 97.1 Å². The molecular weight excluding hydrogens is 609 g/mol. The van der Waals surface area contributed by atoms with Crippen LogP contribution in [0.3, 0.4) is 0 Å². The fraction of sp³-hybridized carbons (Fsp3) is 0.316. The molecule has 0 aromatic heterocycles. The lowest BCUT2D eigenvalue weighted by atomic mass is 9.82. The zero-order valence-electron chi connectivity index (χ0n) is 27.5. The molecule has 0 radical (unpaired) electrons. The molecule has 2 aliphatic heterocycles. The van der Waals surface area contributed by atoms with E-state index < -0.39 is 13.7 Å². The third-order valence-electron chi connectivity index (χ3n) is 10.0. The van der Waals surface area contributed by atoms with E-state index in [1.165, 1.54) is 5.19 Å². The average molecular weight is 651 g/mol. The maximum absolute atomic E-state index is 14.9. The van der Waals surface area contributed by atoms with Crippen molar-refractivity contribution in [3.05, 3.63) is 114 Å². The van der Waals surface area contributed by atoms with E-state index in [0.29, 0.717) is 30.0 Å². The second-order valence-electron chi connectivity index (χ2n) is 13.0. The number of benzene rings is 4. The van der Waals surface area contributed by atoms with Crippen LogP contribution in [0.4, 0.5) is 11.4 Å². The normalized spacial score (nSPS) is 22.0. The SMILES string of the molecule is COc1ccc([Si](C)(C)[C@H]2[C@H](CCO)O[C@@]3(C(=O)N(Cc4cccc(NC(=O)c5ccccc5)c4)c4ccc(OC)cc43)[C@@H]2C)cc1. The molecule has 244 valence electrons. The molecule has 4 atom stereocenters. The fourth-order valence-electron chi connectivity index (χ4n) is 7.70. The van der Waals surface area contributed by atoms with Gasteiger partial charge in [-0.15, -0.1) is 0 Å². The van der Waals surface area contributed by atoms with Gasteiger partial charge in [0.15, 0.2) is 5.60 Å². The summed E-state index contributed by atoms with van der Waals surface area (Å²) in [5.74, 6) is 0.922. The van der Waals surface area contributed by atoms with E-state index in [9.17, 15) is 14.7 Å². The number of nitrogens with zero attached hydrogens (tertiary/aromatic N) is 1. The second kappa shape index (κ2) is 13.0. The Bertz CT molecular complexity index is 1760. The van der Waals surface area contributed by atoms with E-state index >= 15 is 0 Å². The molecule has 8 nitrogen and oxygen atoms in total. The molecule has 4 aromatic rings. The zero-order chi connectivity index (χ0) is 33.3. The highest BCUT2D eigenvalue weighted by Crippen LogP contribution is 2.60. The van der Waals surface area contributed by atoms with Gasteiger partial charge in [-0.05, 0) is 72.1 Å². The molecule has 2 heterocycles. The summed E-state index contributed by atoms with van der Waals surface area (Å²) in [6.07, 6.45) is 0.109. The molecule has 2 aliphatic rings. The first-order valence-corrected chi connectivity index (χ1v) is 19.1. The third-order valence-corrected chi connectivity index (χ3v) is 14.4. The third kappa shape index (κ3) is 5.73. The Kier molecular flexibility index (Phi) is 8.98. The molecule has 4 aromatic carbocycles. The molecule has 1 saturated heterocycles.